The number of methoxy groups -OCH3 is 1. The van der Waals surface area contributed by atoms with Crippen molar-refractivity contribution in [3.05, 3.63) is 65.2 Å². The number of benzene rings is 2. The highest BCUT2D eigenvalue weighted by molar-refractivity contribution is 6.30. The summed E-state index contributed by atoms with van der Waals surface area (Å²) < 4.78 is 5.13. The van der Waals surface area contributed by atoms with E-state index in [1.807, 2.05) is 59.5 Å². The highest BCUT2D eigenvalue weighted by Crippen LogP contribution is 2.19. The van der Waals surface area contributed by atoms with Gasteiger partial charge in [-0.05, 0) is 48.0 Å². The highest BCUT2D eigenvalue weighted by Gasteiger charge is 2.19. The number of nitrogens with zero attached hydrogens (tertiary/aromatic N) is 2. The van der Waals surface area contributed by atoms with Crippen molar-refractivity contribution in [3.8, 4) is 5.75 Å². The molecule has 0 unspecified atom stereocenters. The molecule has 0 aromatic heterocycles. The lowest BCUT2D eigenvalue weighted by atomic mass is 10.2. The van der Waals surface area contributed by atoms with Gasteiger partial charge in [0, 0.05) is 43.0 Å². The van der Waals surface area contributed by atoms with E-state index in [4.69, 9.17) is 16.3 Å². The first-order valence-electron chi connectivity index (χ1n) is 8.27. The van der Waals surface area contributed by atoms with Crippen LogP contribution >= 0.6 is 11.6 Å². The topological polar surface area (TPSA) is 32.8 Å². The normalized spacial score (nSPS) is 14.8. The molecule has 3 rings (SSSR count). The lowest BCUT2D eigenvalue weighted by Gasteiger charge is -2.35. The molecule has 0 atom stereocenters. The van der Waals surface area contributed by atoms with E-state index in [-0.39, 0.29) is 5.91 Å². The molecule has 1 fully saturated rings. The van der Waals surface area contributed by atoms with E-state index >= 15 is 0 Å². The van der Waals surface area contributed by atoms with Crippen LogP contribution in [0.3, 0.4) is 0 Å². The molecule has 1 aliphatic heterocycles. The van der Waals surface area contributed by atoms with Gasteiger partial charge in [0.2, 0.25) is 5.91 Å². The predicted molar refractivity (Wildman–Crippen MR) is 102 cm³/mol. The van der Waals surface area contributed by atoms with Gasteiger partial charge in [-0.25, -0.2) is 0 Å². The molecule has 2 aromatic rings. The fourth-order valence-corrected chi connectivity index (χ4v) is 2.95. The molecular formula is C20H21ClN2O2. The Kier molecular flexibility index (Phi) is 5.61. The molecule has 0 radical (unpaired) electrons. The van der Waals surface area contributed by atoms with Gasteiger partial charge in [-0.3, -0.25) is 4.79 Å². The number of rotatable bonds is 4. The molecule has 25 heavy (non-hydrogen) atoms. The van der Waals surface area contributed by atoms with Gasteiger partial charge in [-0.2, -0.15) is 0 Å². The highest BCUT2D eigenvalue weighted by atomic mass is 35.5. The van der Waals surface area contributed by atoms with Crippen molar-refractivity contribution in [2.24, 2.45) is 0 Å². The SMILES string of the molecule is COc1ccc(/C=C/C(=O)N2CCN(c3ccc(Cl)cc3)CC2)cc1. The first-order chi connectivity index (χ1) is 12.2. The van der Waals surface area contributed by atoms with Gasteiger partial charge < -0.3 is 14.5 Å². The molecule has 0 saturated carbocycles. The Morgan fingerprint density at radius 1 is 1.00 bits per heavy atom. The number of hydrogen-bond acceptors (Lipinski definition) is 3. The second-order valence-electron chi connectivity index (χ2n) is 5.90. The summed E-state index contributed by atoms with van der Waals surface area (Å²) in [6.45, 7) is 3.08. The summed E-state index contributed by atoms with van der Waals surface area (Å²) in [4.78, 5) is 16.5. The van der Waals surface area contributed by atoms with Crippen molar-refractivity contribution in [1.29, 1.82) is 0 Å². The third-order valence-corrected chi connectivity index (χ3v) is 4.57. The third kappa shape index (κ3) is 4.54. The molecular weight excluding hydrogens is 336 g/mol. The quantitative estimate of drug-likeness (QED) is 0.783. The Labute approximate surface area is 153 Å². The van der Waals surface area contributed by atoms with Gasteiger partial charge >= 0.3 is 0 Å². The van der Waals surface area contributed by atoms with Crippen LogP contribution in [0.5, 0.6) is 5.75 Å². The summed E-state index contributed by atoms with van der Waals surface area (Å²) in [5.74, 6) is 0.855. The van der Waals surface area contributed by atoms with E-state index in [0.717, 1.165) is 35.1 Å². The maximum atomic E-state index is 12.4. The minimum absolute atomic E-state index is 0.0478. The fraction of sp³-hybridized carbons (Fsp3) is 0.250. The molecule has 0 N–H and O–H groups in total. The summed E-state index contributed by atoms with van der Waals surface area (Å²) in [5, 5.41) is 0.737. The van der Waals surface area contributed by atoms with Crippen LogP contribution in [0.4, 0.5) is 5.69 Å². The van der Waals surface area contributed by atoms with Crippen LogP contribution in [0, 0.1) is 0 Å². The van der Waals surface area contributed by atoms with Gasteiger partial charge in [0.25, 0.3) is 0 Å². The smallest absolute Gasteiger partial charge is 0.246 e. The lowest BCUT2D eigenvalue weighted by molar-refractivity contribution is -0.126. The van der Waals surface area contributed by atoms with Crippen molar-refractivity contribution in [2.45, 2.75) is 0 Å². The van der Waals surface area contributed by atoms with Crippen molar-refractivity contribution >= 4 is 29.3 Å². The Morgan fingerprint density at radius 3 is 2.24 bits per heavy atom. The van der Waals surface area contributed by atoms with Crippen LogP contribution < -0.4 is 9.64 Å². The van der Waals surface area contributed by atoms with Crippen LogP contribution in [0.1, 0.15) is 5.56 Å². The number of hydrogen-bond donors (Lipinski definition) is 0. The predicted octanol–water partition coefficient (Wildman–Crippen LogP) is 3.71. The van der Waals surface area contributed by atoms with E-state index in [1.165, 1.54) is 0 Å². The molecule has 1 heterocycles. The van der Waals surface area contributed by atoms with E-state index in [9.17, 15) is 4.79 Å². The van der Waals surface area contributed by atoms with Crippen molar-refractivity contribution in [2.75, 3.05) is 38.2 Å². The number of anilines is 1. The van der Waals surface area contributed by atoms with Crippen molar-refractivity contribution < 1.29 is 9.53 Å². The first-order valence-corrected chi connectivity index (χ1v) is 8.65. The summed E-state index contributed by atoms with van der Waals surface area (Å²) in [5.41, 5.74) is 2.12. The summed E-state index contributed by atoms with van der Waals surface area (Å²) in [6.07, 6.45) is 3.48. The van der Waals surface area contributed by atoms with Crippen LogP contribution in [0.25, 0.3) is 6.08 Å². The summed E-state index contributed by atoms with van der Waals surface area (Å²) in [7, 11) is 1.64. The van der Waals surface area contributed by atoms with Gasteiger partial charge in [-0.15, -0.1) is 0 Å². The van der Waals surface area contributed by atoms with Gasteiger partial charge in [0.1, 0.15) is 5.75 Å². The molecule has 1 saturated heterocycles. The zero-order valence-corrected chi connectivity index (χ0v) is 14.9. The van der Waals surface area contributed by atoms with E-state index in [1.54, 1.807) is 13.2 Å². The monoisotopic (exact) mass is 356 g/mol. The minimum atomic E-state index is 0.0478. The molecule has 5 heteroatoms. The van der Waals surface area contributed by atoms with Crippen LogP contribution in [0.2, 0.25) is 5.02 Å². The minimum Gasteiger partial charge on any atom is -0.497 e. The van der Waals surface area contributed by atoms with Crippen LogP contribution in [-0.2, 0) is 4.79 Å². The molecule has 130 valence electrons. The number of amides is 1. The van der Waals surface area contributed by atoms with Crippen molar-refractivity contribution in [1.82, 2.24) is 4.90 Å². The van der Waals surface area contributed by atoms with Gasteiger partial charge in [-0.1, -0.05) is 23.7 Å². The number of carbonyl (C=O) groups excluding carboxylic acids is 1. The number of ether oxygens (including phenoxy) is 1. The van der Waals surface area contributed by atoms with Gasteiger partial charge in [0.15, 0.2) is 0 Å². The standard InChI is InChI=1S/C20H21ClN2O2/c1-25-19-9-2-16(3-10-19)4-11-20(24)23-14-12-22(13-15-23)18-7-5-17(21)6-8-18/h2-11H,12-15H2,1H3/b11-4+. The maximum absolute atomic E-state index is 12.4. The zero-order valence-electron chi connectivity index (χ0n) is 14.2. The zero-order chi connectivity index (χ0) is 17.6. The Bertz CT molecular complexity index is 733. The van der Waals surface area contributed by atoms with Crippen molar-refractivity contribution in [3.63, 3.8) is 0 Å². The second-order valence-corrected chi connectivity index (χ2v) is 6.33. The van der Waals surface area contributed by atoms with Crippen LogP contribution in [-0.4, -0.2) is 44.1 Å². The summed E-state index contributed by atoms with van der Waals surface area (Å²) in [6, 6.07) is 15.5. The maximum Gasteiger partial charge on any atom is 0.246 e. The molecule has 0 spiro atoms. The largest absolute Gasteiger partial charge is 0.497 e. The Morgan fingerprint density at radius 2 is 1.64 bits per heavy atom. The molecule has 1 amide bonds. The second kappa shape index (κ2) is 8.08. The molecule has 2 aromatic carbocycles. The molecule has 0 aliphatic carbocycles. The average Bonchev–Trinajstić information content (AvgIpc) is 2.67. The molecule has 1 aliphatic rings. The number of halogens is 1. The fourth-order valence-electron chi connectivity index (χ4n) is 2.82. The Balaban J connectivity index is 1.54. The van der Waals surface area contributed by atoms with E-state index in [0.29, 0.717) is 13.1 Å². The molecule has 4 nitrogen and oxygen atoms in total. The average molecular weight is 357 g/mol. The van der Waals surface area contributed by atoms with Gasteiger partial charge in [0.05, 0.1) is 7.11 Å². The van der Waals surface area contributed by atoms with Crippen LogP contribution in [0.15, 0.2) is 54.6 Å². The van der Waals surface area contributed by atoms with E-state index in [2.05, 4.69) is 4.90 Å². The number of piperazine rings is 1. The number of carbonyl (C=O) groups is 1. The lowest BCUT2D eigenvalue weighted by Crippen LogP contribution is -2.48. The third-order valence-electron chi connectivity index (χ3n) is 4.32. The Hall–Kier alpha value is -2.46. The first kappa shape index (κ1) is 17.4. The van der Waals surface area contributed by atoms with E-state index < -0.39 is 0 Å². The summed E-state index contributed by atoms with van der Waals surface area (Å²) >= 11 is 5.93. The molecule has 0 bridgehead atoms.